The molecule has 0 aliphatic heterocycles. The van der Waals surface area contributed by atoms with Gasteiger partial charge in [-0.05, 0) is 51.0 Å². The molecule has 0 fully saturated rings. The summed E-state index contributed by atoms with van der Waals surface area (Å²) >= 11 is 13.1. The number of nitrogen functional groups attached to an aromatic ring is 2. The monoisotopic (exact) mass is 398 g/mol. The van der Waals surface area contributed by atoms with E-state index in [1.807, 2.05) is 30.3 Å². The SMILES string of the molecule is Nc1cc2c(N)c(Cl)c(Br)cc2c2cc(Br)ccc12. The lowest BCUT2D eigenvalue weighted by Crippen LogP contribution is -1.94. The Bertz CT molecular complexity index is 831. The van der Waals surface area contributed by atoms with Gasteiger partial charge < -0.3 is 11.5 Å². The van der Waals surface area contributed by atoms with Crippen molar-refractivity contribution in [2.45, 2.75) is 0 Å². The van der Waals surface area contributed by atoms with Crippen LogP contribution in [-0.4, -0.2) is 0 Å². The Morgan fingerprint density at radius 3 is 2.26 bits per heavy atom. The zero-order valence-electron chi connectivity index (χ0n) is 9.68. The van der Waals surface area contributed by atoms with Crippen LogP contribution in [-0.2, 0) is 0 Å². The maximum atomic E-state index is 6.17. The summed E-state index contributed by atoms with van der Waals surface area (Å²) in [5.41, 5.74) is 13.4. The molecule has 3 aromatic carbocycles. The van der Waals surface area contributed by atoms with E-state index in [0.29, 0.717) is 16.4 Å². The summed E-state index contributed by atoms with van der Waals surface area (Å²) in [5, 5.41) is 4.47. The average molecular weight is 401 g/mol. The van der Waals surface area contributed by atoms with Crippen molar-refractivity contribution in [2.75, 3.05) is 11.5 Å². The Morgan fingerprint density at radius 2 is 1.53 bits per heavy atom. The molecule has 96 valence electrons. The molecule has 2 nitrogen and oxygen atoms in total. The second-order valence-corrected chi connectivity index (χ2v) is 6.48. The molecule has 0 unspecified atom stereocenters. The standard InChI is InChI=1S/C14H9Br2ClN2/c15-6-1-2-7-8(3-6)9-4-11(16)13(17)14(19)10(9)5-12(7)18/h1-5H,18-19H2. The molecule has 4 N–H and O–H groups in total. The Balaban J connectivity index is 2.63. The number of anilines is 2. The number of nitrogens with two attached hydrogens (primary N) is 2. The Kier molecular flexibility index (Phi) is 3.12. The van der Waals surface area contributed by atoms with Crippen molar-refractivity contribution in [3.63, 3.8) is 0 Å². The van der Waals surface area contributed by atoms with E-state index in [2.05, 4.69) is 31.9 Å². The van der Waals surface area contributed by atoms with Gasteiger partial charge in [-0.25, -0.2) is 0 Å². The van der Waals surface area contributed by atoms with Crippen molar-refractivity contribution < 1.29 is 0 Å². The summed E-state index contributed by atoms with van der Waals surface area (Å²) < 4.78 is 1.78. The van der Waals surface area contributed by atoms with Crippen LogP contribution in [0.4, 0.5) is 11.4 Å². The molecular formula is C14H9Br2ClN2. The van der Waals surface area contributed by atoms with Gasteiger partial charge in [-0.1, -0.05) is 33.6 Å². The quantitative estimate of drug-likeness (QED) is 0.396. The lowest BCUT2D eigenvalue weighted by atomic mass is 9.99. The van der Waals surface area contributed by atoms with Gasteiger partial charge in [0.1, 0.15) is 0 Å². The van der Waals surface area contributed by atoms with Crippen LogP contribution < -0.4 is 11.5 Å². The summed E-state index contributed by atoms with van der Waals surface area (Å²) in [4.78, 5) is 0. The van der Waals surface area contributed by atoms with Crippen LogP contribution in [0, 0.1) is 0 Å². The fourth-order valence-corrected chi connectivity index (χ4v) is 3.22. The molecule has 0 radical (unpaired) electrons. The van der Waals surface area contributed by atoms with Gasteiger partial charge in [0.05, 0.1) is 10.7 Å². The molecule has 0 heterocycles. The maximum absolute atomic E-state index is 6.17. The predicted octanol–water partition coefficient (Wildman–Crippen LogP) is 5.34. The molecule has 0 aliphatic rings. The fraction of sp³-hybridized carbons (Fsp3) is 0. The summed E-state index contributed by atoms with van der Waals surface area (Å²) in [7, 11) is 0. The zero-order chi connectivity index (χ0) is 13.7. The average Bonchev–Trinajstić information content (AvgIpc) is 2.38. The minimum Gasteiger partial charge on any atom is -0.398 e. The lowest BCUT2D eigenvalue weighted by Gasteiger charge is -2.12. The van der Waals surface area contributed by atoms with Gasteiger partial charge in [0, 0.05) is 25.4 Å². The Hall–Kier alpha value is -0.970. The van der Waals surface area contributed by atoms with E-state index in [-0.39, 0.29) is 0 Å². The van der Waals surface area contributed by atoms with E-state index >= 15 is 0 Å². The first-order valence-electron chi connectivity index (χ1n) is 5.54. The minimum atomic E-state index is 0.515. The number of hydrogen-bond acceptors (Lipinski definition) is 2. The van der Waals surface area contributed by atoms with Crippen molar-refractivity contribution in [1.29, 1.82) is 0 Å². The van der Waals surface area contributed by atoms with Gasteiger partial charge in [-0.3, -0.25) is 0 Å². The molecule has 5 heteroatoms. The highest BCUT2D eigenvalue weighted by molar-refractivity contribution is 9.10. The summed E-state index contributed by atoms with van der Waals surface area (Å²) in [6, 6.07) is 9.85. The van der Waals surface area contributed by atoms with Crippen molar-refractivity contribution in [1.82, 2.24) is 0 Å². The predicted molar refractivity (Wildman–Crippen MR) is 90.7 cm³/mol. The molecule has 0 saturated heterocycles. The Labute approximate surface area is 132 Å². The Morgan fingerprint density at radius 1 is 0.842 bits per heavy atom. The van der Waals surface area contributed by atoms with Crippen molar-refractivity contribution in [3.05, 3.63) is 44.3 Å². The van der Waals surface area contributed by atoms with Crippen LogP contribution in [0.1, 0.15) is 0 Å². The van der Waals surface area contributed by atoms with Gasteiger partial charge >= 0.3 is 0 Å². The number of rotatable bonds is 0. The highest BCUT2D eigenvalue weighted by atomic mass is 79.9. The van der Waals surface area contributed by atoms with Gasteiger partial charge in [0.2, 0.25) is 0 Å². The largest absolute Gasteiger partial charge is 0.398 e. The van der Waals surface area contributed by atoms with E-state index in [9.17, 15) is 0 Å². The van der Waals surface area contributed by atoms with E-state index < -0.39 is 0 Å². The molecule has 0 atom stereocenters. The molecule has 3 aromatic rings. The smallest absolute Gasteiger partial charge is 0.0783 e. The zero-order valence-corrected chi connectivity index (χ0v) is 13.6. The fourth-order valence-electron chi connectivity index (χ4n) is 2.26. The highest BCUT2D eigenvalue weighted by Gasteiger charge is 2.12. The minimum absolute atomic E-state index is 0.515. The number of fused-ring (bicyclic) bond motifs is 3. The van der Waals surface area contributed by atoms with E-state index in [0.717, 1.165) is 30.5 Å². The molecule has 0 aromatic heterocycles. The third-order valence-electron chi connectivity index (χ3n) is 3.18. The van der Waals surface area contributed by atoms with Gasteiger partial charge in [-0.15, -0.1) is 0 Å². The van der Waals surface area contributed by atoms with Crippen LogP contribution in [0.3, 0.4) is 0 Å². The highest BCUT2D eigenvalue weighted by Crippen LogP contribution is 2.40. The van der Waals surface area contributed by atoms with Gasteiger partial charge in [0.25, 0.3) is 0 Å². The lowest BCUT2D eigenvalue weighted by molar-refractivity contribution is 1.68. The number of benzene rings is 3. The van der Waals surface area contributed by atoms with Crippen LogP contribution in [0.5, 0.6) is 0 Å². The molecule has 3 rings (SSSR count). The van der Waals surface area contributed by atoms with Crippen LogP contribution in [0.2, 0.25) is 5.02 Å². The third-order valence-corrected chi connectivity index (χ3v) is 4.93. The molecule has 0 spiro atoms. The molecule has 0 aliphatic carbocycles. The molecule has 0 bridgehead atoms. The summed E-state index contributed by atoms with van der Waals surface area (Å²) in [6.45, 7) is 0. The third kappa shape index (κ3) is 1.98. The second-order valence-electron chi connectivity index (χ2n) is 4.34. The van der Waals surface area contributed by atoms with Crippen LogP contribution in [0.25, 0.3) is 21.5 Å². The van der Waals surface area contributed by atoms with Gasteiger partial charge in [-0.2, -0.15) is 0 Å². The molecule has 19 heavy (non-hydrogen) atoms. The second kappa shape index (κ2) is 4.54. The topological polar surface area (TPSA) is 52.0 Å². The first-order valence-corrected chi connectivity index (χ1v) is 7.50. The number of hydrogen-bond donors (Lipinski definition) is 2. The van der Waals surface area contributed by atoms with Crippen LogP contribution >= 0.6 is 43.5 Å². The number of halogens is 3. The molecule has 0 saturated carbocycles. The molecular weight excluding hydrogens is 391 g/mol. The van der Waals surface area contributed by atoms with Crippen LogP contribution in [0.15, 0.2) is 39.3 Å². The summed E-state index contributed by atoms with van der Waals surface area (Å²) in [5.74, 6) is 0. The summed E-state index contributed by atoms with van der Waals surface area (Å²) in [6.07, 6.45) is 0. The first-order chi connectivity index (χ1) is 8.99. The van der Waals surface area contributed by atoms with Crippen molar-refractivity contribution in [3.8, 4) is 0 Å². The first kappa shape index (κ1) is 13.0. The maximum Gasteiger partial charge on any atom is 0.0783 e. The van der Waals surface area contributed by atoms with Gasteiger partial charge in [0.15, 0.2) is 0 Å². The molecule has 0 amide bonds. The van der Waals surface area contributed by atoms with E-state index in [1.54, 1.807) is 0 Å². The van der Waals surface area contributed by atoms with Crippen molar-refractivity contribution >= 4 is 76.4 Å². The van der Waals surface area contributed by atoms with Crippen molar-refractivity contribution in [2.24, 2.45) is 0 Å². The van der Waals surface area contributed by atoms with E-state index in [4.69, 9.17) is 23.1 Å². The van der Waals surface area contributed by atoms with E-state index in [1.165, 1.54) is 0 Å². The normalized spacial score (nSPS) is 11.3.